The molecular weight excluding hydrogens is 256 g/mol. The number of hydrogen-bond acceptors (Lipinski definition) is 1. The first kappa shape index (κ1) is 11.0. The Bertz CT molecular complexity index is 1050. The zero-order chi connectivity index (χ0) is 14.0. The van der Waals surface area contributed by atoms with E-state index >= 15 is 0 Å². The minimum atomic E-state index is 0.220. The standard InChI is InChI=1S/C20H12O/c21-18-6-2-5-15-16-10-9-13-4-1-3-12-7-8-14(11-17(15)18)20(16)19(12)13/h1-5,7-11H,6H2. The molecule has 1 nitrogen and oxygen atoms in total. The topological polar surface area (TPSA) is 17.1 Å². The smallest absolute Gasteiger partial charge is 0.167 e. The van der Waals surface area contributed by atoms with Crippen LogP contribution < -0.4 is 0 Å². The van der Waals surface area contributed by atoms with Gasteiger partial charge in [0.2, 0.25) is 0 Å². The summed E-state index contributed by atoms with van der Waals surface area (Å²) < 4.78 is 0. The van der Waals surface area contributed by atoms with Gasteiger partial charge in [0.15, 0.2) is 5.78 Å². The van der Waals surface area contributed by atoms with Crippen LogP contribution >= 0.6 is 0 Å². The largest absolute Gasteiger partial charge is 0.294 e. The van der Waals surface area contributed by atoms with Gasteiger partial charge in [0, 0.05) is 12.0 Å². The average Bonchev–Trinajstić information content (AvgIpc) is 2.53. The van der Waals surface area contributed by atoms with Gasteiger partial charge < -0.3 is 0 Å². The van der Waals surface area contributed by atoms with Crippen LogP contribution in [-0.2, 0) is 0 Å². The normalized spacial score (nSPS) is 14.4. The number of hydrogen-bond donors (Lipinski definition) is 0. The maximum atomic E-state index is 12.2. The molecule has 21 heavy (non-hydrogen) atoms. The molecular formula is C20H12O. The fourth-order valence-electron chi connectivity index (χ4n) is 3.64. The highest BCUT2D eigenvalue weighted by Gasteiger charge is 2.18. The van der Waals surface area contributed by atoms with Crippen LogP contribution in [0.25, 0.3) is 38.4 Å². The van der Waals surface area contributed by atoms with Crippen molar-refractivity contribution in [2.75, 3.05) is 0 Å². The van der Waals surface area contributed by atoms with E-state index in [2.05, 4.69) is 54.6 Å². The number of benzene rings is 4. The van der Waals surface area contributed by atoms with Gasteiger partial charge in [0.05, 0.1) is 0 Å². The molecule has 0 aromatic heterocycles. The SMILES string of the molecule is O=C1CC=Cc2c1cc1ccc3cccc4ccc2c1c34. The summed E-state index contributed by atoms with van der Waals surface area (Å²) in [6.07, 6.45) is 4.59. The molecule has 0 spiro atoms. The summed E-state index contributed by atoms with van der Waals surface area (Å²) in [4.78, 5) is 12.2. The summed E-state index contributed by atoms with van der Waals surface area (Å²) >= 11 is 0. The molecule has 0 saturated heterocycles. The highest BCUT2D eigenvalue weighted by molar-refractivity contribution is 6.26. The molecule has 0 radical (unpaired) electrons. The monoisotopic (exact) mass is 268 g/mol. The maximum Gasteiger partial charge on any atom is 0.167 e. The van der Waals surface area contributed by atoms with Crippen LogP contribution in [0.3, 0.4) is 0 Å². The van der Waals surface area contributed by atoms with Crippen molar-refractivity contribution >= 4 is 44.2 Å². The Balaban J connectivity index is 2.13. The van der Waals surface area contributed by atoms with Gasteiger partial charge >= 0.3 is 0 Å². The van der Waals surface area contributed by atoms with Gasteiger partial charge in [-0.1, -0.05) is 54.6 Å². The highest BCUT2D eigenvalue weighted by Crippen LogP contribution is 2.38. The van der Waals surface area contributed by atoms with Gasteiger partial charge in [0.1, 0.15) is 0 Å². The Morgan fingerprint density at radius 1 is 0.810 bits per heavy atom. The van der Waals surface area contributed by atoms with Gasteiger partial charge in [-0.25, -0.2) is 0 Å². The molecule has 0 saturated carbocycles. The molecule has 0 bridgehead atoms. The predicted molar refractivity (Wildman–Crippen MR) is 88.1 cm³/mol. The summed E-state index contributed by atoms with van der Waals surface area (Å²) in [5, 5.41) is 7.46. The first-order valence-corrected chi connectivity index (χ1v) is 7.23. The van der Waals surface area contributed by atoms with Gasteiger partial charge in [-0.3, -0.25) is 4.79 Å². The molecule has 0 heterocycles. The Morgan fingerprint density at radius 2 is 1.57 bits per heavy atom. The third-order valence-corrected chi connectivity index (χ3v) is 4.58. The number of Topliss-reactive ketones (excluding diaryl/α,β-unsaturated/α-hetero) is 1. The number of rotatable bonds is 0. The minimum Gasteiger partial charge on any atom is -0.294 e. The lowest BCUT2D eigenvalue weighted by Gasteiger charge is -2.17. The van der Waals surface area contributed by atoms with E-state index in [1.807, 2.05) is 6.08 Å². The Hall–Kier alpha value is -2.67. The first-order chi connectivity index (χ1) is 10.3. The molecule has 0 aliphatic heterocycles. The first-order valence-electron chi connectivity index (χ1n) is 7.23. The number of fused-ring (bicyclic) bond motifs is 2. The van der Waals surface area contributed by atoms with E-state index in [1.165, 1.54) is 26.9 Å². The lowest BCUT2D eigenvalue weighted by atomic mass is 9.86. The van der Waals surface area contributed by atoms with Crippen molar-refractivity contribution < 1.29 is 4.79 Å². The Kier molecular flexibility index (Phi) is 1.95. The van der Waals surface area contributed by atoms with E-state index < -0.39 is 0 Å². The number of carbonyl (C=O) groups is 1. The lowest BCUT2D eigenvalue weighted by molar-refractivity contribution is 0.0995. The van der Waals surface area contributed by atoms with Crippen molar-refractivity contribution in [3.05, 3.63) is 65.7 Å². The summed E-state index contributed by atoms with van der Waals surface area (Å²) in [5.41, 5.74) is 1.94. The van der Waals surface area contributed by atoms with Crippen LogP contribution in [-0.4, -0.2) is 5.78 Å². The zero-order valence-corrected chi connectivity index (χ0v) is 11.4. The van der Waals surface area contributed by atoms with Gasteiger partial charge in [-0.2, -0.15) is 0 Å². The van der Waals surface area contributed by atoms with Crippen LogP contribution in [0.5, 0.6) is 0 Å². The van der Waals surface area contributed by atoms with Gasteiger partial charge in [-0.05, 0) is 43.9 Å². The van der Waals surface area contributed by atoms with E-state index in [4.69, 9.17) is 0 Å². The Labute approximate surface area is 121 Å². The van der Waals surface area contributed by atoms with Crippen molar-refractivity contribution in [2.45, 2.75) is 6.42 Å². The predicted octanol–water partition coefficient (Wildman–Crippen LogP) is 5.18. The molecule has 0 amide bonds. The molecule has 0 fully saturated rings. The van der Waals surface area contributed by atoms with E-state index in [0.29, 0.717) is 6.42 Å². The molecule has 4 aromatic rings. The second-order valence-corrected chi connectivity index (χ2v) is 5.72. The molecule has 0 atom stereocenters. The van der Waals surface area contributed by atoms with Gasteiger partial charge in [0.25, 0.3) is 0 Å². The third kappa shape index (κ3) is 1.33. The van der Waals surface area contributed by atoms with Crippen LogP contribution in [0.4, 0.5) is 0 Å². The fourth-order valence-corrected chi connectivity index (χ4v) is 3.64. The minimum absolute atomic E-state index is 0.220. The maximum absolute atomic E-state index is 12.2. The van der Waals surface area contributed by atoms with Crippen molar-refractivity contribution in [3.63, 3.8) is 0 Å². The molecule has 98 valence electrons. The molecule has 0 unspecified atom stereocenters. The third-order valence-electron chi connectivity index (χ3n) is 4.58. The second-order valence-electron chi connectivity index (χ2n) is 5.72. The van der Waals surface area contributed by atoms with Gasteiger partial charge in [-0.15, -0.1) is 0 Å². The average molecular weight is 268 g/mol. The summed E-state index contributed by atoms with van der Waals surface area (Å²) in [5.74, 6) is 0.220. The van der Waals surface area contributed by atoms with E-state index in [-0.39, 0.29) is 5.78 Å². The summed E-state index contributed by atoms with van der Waals surface area (Å²) in [7, 11) is 0. The van der Waals surface area contributed by atoms with E-state index in [9.17, 15) is 4.79 Å². The molecule has 0 N–H and O–H groups in total. The number of ketones is 1. The number of allylic oxidation sites excluding steroid dienone is 1. The zero-order valence-electron chi connectivity index (χ0n) is 11.4. The quantitative estimate of drug-likeness (QED) is 0.401. The van der Waals surface area contributed by atoms with Crippen LogP contribution in [0.1, 0.15) is 22.3 Å². The molecule has 1 aliphatic carbocycles. The van der Waals surface area contributed by atoms with Crippen LogP contribution in [0.2, 0.25) is 0 Å². The lowest BCUT2D eigenvalue weighted by Crippen LogP contribution is -2.05. The highest BCUT2D eigenvalue weighted by atomic mass is 16.1. The van der Waals surface area contributed by atoms with Crippen molar-refractivity contribution in [2.24, 2.45) is 0 Å². The van der Waals surface area contributed by atoms with E-state index in [0.717, 1.165) is 16.5 Å². The molecule has 5 rings (SSSR count). The van der Waals surface area contributed by atoms with E-state index in [1.54, 1.807) is 0 Å². The van der Waals surface area contributed by atoms with Crippen molar-refractivity contribution in [1.29, 1.82) is 0 Å². The second kappa shape index (κ2) is 3.70. The fraction of sp³-hybridized carbons (Fsp3) is 0.0500. The molecule has 1 aliphatic rings. The van der Waals surface area contributed by atoms with Crippen molar-refractivity contribution in [1.82, 2.24) is 0 Å². The summed E-state index contributed by atoms with van der Waals surface area (Å²) in [6.45, 7) is 0. The molecule has 1 heteroatoms. The Morgan fingerprint density at radius 3 is 2.43 bits per heavy atom. The van der Waals surface area contributed by atoms with Crippen molar-refractivity contribution in [3.8, 4) is 0 Å². The van der Waals surface area contributed by atoms with Crippen LogP contribution in [0.15, 0.2) is 54.6 Å². The summed E-state index contributed by atoms with van der Waals surface area (Å²) in [6, 6.07) is 17.1. The molecule has 4 aromatic carbocycles. The van der Waals surface area contributed by atoms with Crippen LogP contribution in [0, 0.1) is 0 Å². The number of carbonyl (C=O) groups excluding carboxylic acids is 1.